The Morgan fingerprint density at radius 2 is 1.96 bits per heavy atom. The van der Waals surface area contributed by atoms with Gasteiger partial charge in [-0.25, -0.2) is 5.43 Å². The number of halogens is 2. The molecule has 0 aliphatic heterocycles. The number of rotatable bonds is 7. The van der Waals surface area contributed by atoms with E-state index in [1.165, 1.54) is 6.21 Å². The smallest absolute Gasteiger partial charge is 0.277 e. The molecule has 2 aromatic rings. The summed E-state index contributed by atoms with van der Waals surface area (Å²) >= 11 is 11.8. The molecular formula is C17H16Cl2N2O3. The highest BCUT2D eigenvalue weighted by Crippen LogP contribution is 2.27. The molecule has 0 unspecified atom stereocenters. The fourth-order valence-corrected chi connectivity index (χ4v) is 2.15. The van der Waals surface area contributed by atoms with Crippen molar-refractivity contribution in [2.24, 2.45) is 5.10 Å². The minimum absolute atomic E-state index is 0.232. The molecule has 0 aromatic heterocycles. The van der Waals surface area contributed by atoms with Gasteiger partial charge in [-0.15, -0.1) is 0 Å². The molecular weight excluding hydrogens is 351 g/mol. The standard InChI is InChI=1S/C17H16Cl2N2O3/c1-2-23-15-6-4-3-5-12(15)10-20-21-17(22)11-24-16-9-13(18)7-8-14(16)19/h3-10H,2,11H2,1H3,(H,21,22)/b20-10+. The molecule has 0 aliphatic carbocycles. The number of hydrogen-bond acceptors (Lipinski definition) is 4. The summed E-state index contributed by atoms with van der Waals surface area (Å²) in [6, 6.07) is 12.2. The number of ether oxygens (including phenoxy) is 2. The maximum Gasteiger partial charge on any atom is 0.277 e. The molecule has 0 fully saturated rings. The van der Waals surface area contributed by atoms with Gasteiger partial charge in [-0.05, 0) is 31.2 Å². The highest BCUT2D eigenvalue weighted by Gasteiger charge is 2.06. The molecule has 0 saturated heterocycles. The largest absolute Gasteiger partial charge is 0.493 e. The van der Waals surface area contributed by atoms with E-state index in [0.29, 0.717) is 28.2 Å². The van der Waals surface area contributed by atoms with Crippen LogP contribution < -0.4 is 14.9 Å². The number of nitrogens with one attached hydrogen (secondary N) is 1. The Morgan fingerprint density at radius 1 is 1.17 bits per heavy atom. The Bertz CT molecular complexity index is 736. The summed E-state index contributed by atoms with van der Waals surface area (Å²) in [6.07, 6.45) is 1.51. The average Bonchev–Trinajstić information content (AvgIpc) is 2.57. The molecule has 0 spiro atoms. The van der Waals surface area contributed by atoms with Crippen LogP contribution >= 0.6 is 23.2 Å². The molecule has 0 bridgehead atoms. The van der Waals surface area contributed by atoms with E-state index in [9.17, 15) is 4.79 Å². The average molecular weight is 367 g/mol. The minimum Gasteiger partial charge on any atom is -0.493 e. The van der Waals surface area contributed by atoms with Gasteiger partial charge in [-0.3, -0.25) is 4.79 Å². The summed E-state index contributed by atoms with van der Waals surface area (Å²) in [6.45, 7) is 2.21. The van der Waals surface area contributed by atoms with Crippen LogP contribution in [0.5, 0.6) is 11.5 Å². The Hall–Kier alpha value is -2.24. The zero-order valence-corrected chi connectivity index (χ0v) is 14.5. The van der Waals surface area contributed by atoms with E-state index in [-0.39, 0.29) is 6.61 Å². The lowest BCUT2D eigenvalue weighted by Crippen LogP contribution is -2.24. The van der Waals surface area contributed by atoms with E-state index in [2.05, 4.69) is 10.5 Å². The van der Waals surface area contributed by atoms with Crippen molar-refractivity contribution in [3.63, 3.8) is 0 Å². The summed E-state index contributed by atoms with van der Waals surface area (Å²) in [5.41, 5.74) is 3.14. The number of benzene rings is 2. The van der Waals surface area contributed by atoms with Crippen LogP contribution in [0.25, 0.3) is 0 Å². The molecule has 0 aliphatic rings. The number of nitrogens with zero attached hydrogens (tertiary/aromatic N) is 1. The zero-order chi connectivity index (χ0) is 17.4. The second kappa shape index (κ2) is 9.15. The van der Waals surface area contributed by atoms with Gasteiger partial charge in [0.25, 0.3) is 5.91 Å². The molecule has 0 radical (unpaired) electrons. The van der Waals surface area contributed by atoms with E-state index < -0.39 is 5.91 Å². The number of amides is 1. The van der Waals surface area contributed by atoms with Gasteiger partial charge in [0.1, 0.15) is 11.5 Å². The predicted octanol–water partition coefficient (Wildman–Crippen LogP) is 3.92. The number of carbonyl (C=O) groups is 1. The highest BCUT2D eigenvalue weighted by molar-refractivity contribution is 6.34. The van der Waals surface area contributed by atoms with E-state index in [4.69, 9.17) is 32.7 Å². The van der Waals surface area contributed by atoms with Crippen molar-refractivity contribution < 1.29 is 14.3 Å². The molecule has 0 atom stereocenters. The van der Waals surface area contributed by atoms with Gasteiger partial charge in [0, 0.05) is 16.7 Å². The fraction of sp³-hybridized carbons (Fsp3) is 0.176. The Kier molecular flexibility index (Phi) is 6.90. The first kappa shape index (κ1) is 18.1. The lowest BCUT2D eigenvalue weighted by Gasteiger charge is -2.07. The van der Waals surface area contributed by atoms with Crippen LogP contribution in [0.4, 0.5) is 0 Å². The Morgan fingerprint density at radius 3 is 2.75 bits per heavy atom. The van der Waals surface area contributed by atoms with Gasteiger partial charge in [-0.2, -0.15) is 5.10 Å². The SMILES string of the molecule is CCOc1ccccc1/C=N/NC(=O)COc1cc(Cl)ccc1Cl. The molecule has 2 rings (SSSR count). The first-order valence-corrected chi connectivity index (χ1v) is 7.97. The van der Waals surface area contributed by atoms with Crippen LogP contribution in [-0.2, 0) is 4.79 Å². The third kappa shape index (κ3) is 5.44. The first-order valence-electron chi connectivity index (χ1n) is 7.21. The van der Waals surface area contributed by atoms with Gasteiger partial charge in [0.15, 0.2) is 6.61 Å². The minimum atomic E-state index is -0.420. The normalized spacial score (nSPS) is 10.6. The van der Waals surface area contributed by atoms with E-state index in [1.54, 1.807) is 18.2 Å². The summed E-state index contributed by atoms with van der Waals surface area (Å²) in [4.78, 5) is 11.8. The fourth-order valence-electron chi connectivity index (χ4n) is 1.81. The van der Waals surface area contributed by atoms with E-state index >= 15 is 0 Å². The Labute approximate surface area is 150 Å². The van der Waals surface area contributed by atoms with Gasteiger partial charge in [0.2, 0.25) is 0 Å². The second-order valence-electron chi connectivity index (χ2n) is 4.63. The zero-order valence-electron chi connectivity index (χ0n) is 13.0. The van der Waals surface area contributed by atoms with Crippen LogP contribution in [-0.4, -0.2) is 25.3 Å². The van der Waals surface area contributed by atoms with Crippen molar-refractivity contribution >= 4 is 35.3 Å². The third-order valence-corrected chi connectivity index (χ3v) is 3.41. The van der Waals surface area contributed by atoms with Gasteiger partial charge >= 0.3 is 0 Å². The summed E-state index contributed by atoms with van der Waals surface area (Å²) in [5, 5.41) is 4.74. The highest BCUT2D eigenvalue weighted by atomic mass is 35.5. The van der Waals surface area contributed by atoms with Crippen molar-refractivity contribution in [1.29, 1.82) is 0 Å². The molecule has 1 N–H and O–H groups in total. The molecule has 1 amide bonds. The molecule has 7 heteroatoms. The number of carbonyl (C=O) groups excluding carboxylic acids is 1. The molecule has 126 valence electrons. The lowest BCUT2D eigenvalue weighted by atomic mass is 10.2. The van der Waals surface area contributed by atoms with E-state index in [0.717, 1.165) is 5.56 Å². The van der Waals surface area contributed by atoms with Crippen LogP contribution in [0.2, 0.25) is 10.0 Å². The topological polar surface area (TPSA) is 59.9 Å². The van der Waals surface area contributed by atoms with Gasteiger partial charge < -0.3 is 9.47 Å². The predicted molar refractivity (Wildman–Crippen MR) is 95.3 cm³/mol. The van der Waals surface area contributed by atoms with Gasteiger partial charge in [-0.1, -0.05) is 35.3 Å². The maximum atomic E-state index is 11.8. The van der Waals surface area contributed by atoms with Crippen molar-refractivity contribution in [3.05, 3.63) is 58.1 Å². The lowest BCUT2D eigenvalue weighted by molar-refractivity contribution is -0.123. The summed E-state index contributed by atoms with van der Waals surface area (Å²) in [7, 11) is 0. The molecule has 5 nitrogen and oxygen atoms in total. The monoisotopic (exact) mass is 366 g/mol. The van der Waals surface area contributed by atoms with E-state index in [1.807, 2.05) is 31.2 Å². The molecule has 0 saturated carbocycles. The number of para-hydroxylation sites is 1. The Balaban J connectivity index is 1.88. The molecule has 0 heterocycles. The van der Waals surface area contributed by atoms with Crippen molar-refractivity contribution in [1.82, 2.24) is 5.43 Å². The van der Waals surface area contributed by atoms with Crippen molar-refractivity contribution in [3.8, 4) is 11.5 Å². The van der Waals surface area contributed by atoms with Crippen LogP contribution in [0, 0.1) is 0 Å². The summed E-state index contributed by atoms with van der Waals surface area (Å²) < 4.78 is 10.8. The van der Waals surface area contributed by atoms with Crippen LogP contribution in [0.1, 0.15) is 12.5 Å². The number of hydrogen-bond donors (Lipinski definition) is 1. The van der Waals surface area contributed by atoms with Crippen LogP contribution in [0.15, 0.2) is 47.6 Å². The quantitative estimate of drug-likeness (QED) is 0.596. The first-order chi connectivity index (χ1) is 11.6. The number of hydrazone groups is 1. The van der Waals surface area contributed by atoms with Crippen molar-refractivity contribution in [2.75, 3.05) is 13.2 Å². The van der Waals surface area contributed by atoms with Gasteiger partial charge in [0.05, 0.1) is 17.8 Å². The van der Waals surface area contributed by atoms with Crippen molar-refractivity contribution in [2.45, 2.75) is 6.92 Å². The van der Waals surface area contributed by atoms with Crippen LogP contribution in [0.3, 0.4) is 0 Å². The third-order valence-electron chi connectivity index (χ3n) is 2.86. The maximum absolute atomic E-state index is 11.8. The second-order valence-corrected chi connectivity index (χ2v) is 5.47. The summed E-state index contributed by atoms with van der Waals surface area (Å²) in [5.74, 6) is 0.612. The molecule has 2 aromatic carbocycles. The molecule has 24 heavy (non-hydrogen) atoms.